The predicted octanol–water partition coefficient (Wildman–Crippen LogP) is 6.02. The molecule has 1 fully saturated rings. The number of rotatable bonds is 8. The molecule has 9 heteroatoms. The molecular weight excluding hydrogens is 492 g/mol. The van der Waals surface area contributed by atoms with Crippen LogP contribution in [0, 0.1) is 11.8 Å². The summed E-state index contributed by atoms with van der Waals surface area (Å²) in [5.41, 5.74) is 1.75. The molecule has 2 heterocycles. The van der Waals surface area contributed by atoms with Crippen LogP contribution in [0.3, 0.4) is 0 Å². The number of aromatic carboxylic acids is 1. The molecule has 2 aromatic heterocycles. The van der Waals surface area contributed by atoms with E-state index in [0.717, 1.165) is 47.5 Å². The molecule has 1 aromatic carbocycles. The van der Waals surface area contributed by atoms with Crippen LogP contribution >= 0.6 is 11.3 Å². The van der Waals surface area contributed by atoms with Crippen LogP contribution in [-0.4, -0.2) is 34.0 Å². The molecular formula is C28H32N2O6S. The maximum absolute atomic E-state index is 13.5. The molecule has 0 unspecified atom stereocenters. The molecule has 1 aliphatic carbocycles. The number of hydrogen-bond donors (Lipinski definition) is 3. The first-order valence-electron chi connectivity index (χ1n) is 12.5. The molecule has 0 bridgehead atoms. The van der Waals surface area contributed by atoms with Gasteiger partial charge in [0.25, 0.3) is 5.91 Å². The number of carbonyl (C=O) groups is 3. The summed E-state index contributed by atoms with van der Waals surface area (Å²) in [7, 11) is 0. The van der Waals surface area contributed by atoms with E-state index >= 15 is 0 Å². The maximum Gasteiger partial charge on any atom is 0.348 e. The van der Waals surface area contributed by atoms with E-state index in [1.807, 2.05) is 13.8 Å². The summed E-state index contributed by atoms with van der Waals surface area (Å²) in [6.45, 7) is 5.73. The van der Waals surface area contributed by atoms with Crippen molar-refractivity contribution in [1.29, 1.82) is 0 Å². The summed E-state index contributed by atoms with van der Waals surface area (Å²) in [5.74, 6) is -0.594. The quantitative estimate of drug-likeness (QED) is 0.331. The molecule has 196 valence electrons. The average molecular weight is 525 g/mol. The van der Waals surface area contributed by atoms with Gasteiger partial charge in [0, 0.05) is 22.5 Å². The Bertz CT molecular complexity index is 1270. The average Bonchev–Trinajstić information content (AvgIpc) is 3.53. The largest absolute Gasteiger partial charge is 0.477 e. The van der Waals surface area contributed by atoms with Crippen molar-refractivity contribution in [2.24, 2.45) is 11.8 Å². The molecule has 0 saturated heterocycles. The standard InChI is InChI=1S/C28H32N2O6S/c1-16(2)30(27(33)19-6-4-17(3)5-7-19)22-14-24(37-25(22)28(34)35)18-8-10-20(11-9-18)29-26(32)23-13-12-21(15-31)36-23/h8-14,16-17,19,31H,4-7,15H2,1-3H3,(H,29,32)(H,34,35)/t17-,19-. The van der Waals surface area contributed by atoms with Gasteiger partial charge >= 0.3 is 5.97 Å². The number of hydrogen-bond acceptors (Lipinski definition) is 6. The highest BCUT2D eigenvalue weighted by atomic mass is 32.1. The van der Waals surface area contributed by atoms with Crippen LogP contribution in [0.15, 0.2) is 46.9 Å². The Labute approximate surface area is 219 Å². The number of anilines is 2. The normalized spacial score (nSPS) is 17.5. The van der Waals surface area contributed by atoms with Crippen molar-refractivity contribution in [3.63, 3.8) is 0 Å². The molecule has 0 atom stereocenters. The number of nitrogens with zero attached hydrogens (tertiary/aromatic N) is 1. The fourth-order valence-electron chi connectivity index (χ4n) is 4.71. The number of thiophene rings is 1. The number of carboxylic acid groups (broad SMARTS) is 1. The van der Waals surface area contributed by atoms with Crippen molar-refractivity contribution < 1.29 is 29.0 Å². The van der Waals surface area contributed by atoms with Gasteiger partial charge in [0.15, 0.2) is 5.76 Å². The van der Waals surface area contributed by atoms with E-state index in [2.05, 4.69) is 12.2 Å². The van der Waals surface area contributed by atoms with Gasteiger partial charge in [-0.15, -0.1) is 11.3 Å². The molecule has 3 N–H and O–H groups in total. The van der Waals surface area contributed by atoms with Gasteiger partial charge in [-0.1, -0.05) is 19.1 Å². The van der Waals surface area contributed by atoms with Crippen LogP contribution < -0.4 is 10.2 Å². The fourth-order valence-corrected chi connectivity index (χ4v) is 5.70. The summed E-state index contributed by atoms with van der Waals surface area (Å²) >= 11 is 1.13. The smallest absolute Gasteiger partial charge is 0.348 e. The first-order chi connectivity index (χ1) is 17.7. The third kappa shape index (κ3) is 5.94. The number of aliphatic hydroxyl groups is 1. The van der Waals surface area contributed by atoms with E-state index in [0.29, 0.717) is 23.1 Å². The van der Waals surface area contributed by atoms with Gasteiger partial charge in [-0.05, 0) is 81.3 Å². The van der Waals surface area contributed by atoms with Crippen LogP contribution in [-0.2, 0) is 11.4 Å². The van der Waals surface area contributed by atoms with Crippen molar-refractivity contribution in [2.75, 3.05) is 10.2 Å². The molecule has 8 nitrogen and oxygen atoms in total. The summed E-state index contributed by atoms with van der Waals surface area (Å²) in [6, 6.07) is 11.7. The van der Waals surface area contributed by atoms with Crippen molar-refractivity contribution >= 4 is 40.5 Å². The van der Waals surface area contributed by atoms with E-state index < -0.39 is 11.9 Å². The summed E-state index contributed by atoms with van der Waals surface area (Å²) in [4.78, 5) is 40.6. The number of carbonyl (C=O) groups excluding carboxylic acids is 2. The zero-order chi connectivity index (χ0) is 26.7. The van der Waals surface area contributed by atoms with Crippen LogP contribution in [0.4, 0.5) is 11.4 Å². The number of benzene rings is 1. The van der Waals surface area contributed by atoms with Crippen LogP contribution in [0.25, 0.3) is 10.4 Å². The van der Waals surface area contributed by atoms with Crippen molar-refractivity contribution in [3.8, 4) is 10.4 Å². The monoisotopic (exact) mass is 524 g/mol. The molecule has 1 saturated carbocycles. The lowest BCUT2D eigenvalue weighted by molar-refractivity contribution is -0.123. The van der Waals surface area contributed by atoms with E-state index in [4.69, 9.17) is 9.52 Å². The van der Waals surface area contributed by atoms with Crippen LogP contribution in [0.2, 0.25) is 0 Å². The highest BCUT2D eigenvalue weighted by Gasteiger charge is 2.33. The van der Waals surface area contributed by atoms with Crippen molar-refractivity contribution in [2.45, 2.75) is 59.1 Å². The van der Waals surface area contributed by atoms with Crippen molar-refractivity contribution in [3.05, 3.63) is 58.9 Å². The lowest BCUT2D eigenvalue weighted by Gasteiger charge is -2.33. The Morgan fingerprint density at radius 2 is 1.76 bits per heavy atom. The van der Waals surface area contributed by atoms with E-state index in [1.54, 1.807) is 35.2 Å². The third-order valence-corrected chi connectivity index (χ3v) is 7.92. The van der Waals surface area contributed by atoms with Crippen LogP contribution in [0.5, 0.6) is 0 Å². The van der Waals surface area contributed by atoms with Gasteiger partial charge in [-0.25, -0.2) is 4.79 Å². The minimum atomic E-state index is -1.06. The molecule has 0 aliphatic heterocycles. The minimum absolute atomic E-state index is 0.00547. The van der Waals surface area contributed by atoms with Gasteiger partial charge in [0.1, 0.15) is 17.2 Å². The van der Waals surface area contributed by atoms with Crippen molar-refractivity contribution in [1.82, 2.24) is 0 Å². The zero-order valence-electron chi connectivity index (χ0n) is 21.2. The Morgan fingerprint density at radius 3 is 2.32 bits per heavy atom. The molecule has 2 amide bonds. The first kappa shape index (κ1) is 26.6. The number of nitrogens with one attached hydrogen (secondary N) is 1. The number of furan rings is 1. The van der Waals surface area contributed by atoms with Gasteiger partial charge in [-0.2, -0.15) is 0 Å². The van der Waals surface area contributed by atoms with Gasteiger partial charge < -0.3 is 24.8 Å². The van der Waals surface area contributed by atoms with E-state index in [1.165, 1.54) is 12.1 Å². The minimum Gasteiger partial charge on any atom is -0.477 e. The third-order valence-electron chi connectivity index (χ3n) is 6.75. The van der Waals surface area contributed by atoms with Crippen LogP contribution in [0.1, 0.15) is 72.4 Å². The molecule has 0 radical (unpaired) electrons. The van der Waals surface area contributed by atoms with E-state index in [-0.39, 0.29) is 35.1 Å². The van der Waals surface area contributed by atoms with Gasteiger partial charge in [-0.3, -0.25) is 9.59 Å². The Kier molecular flexibility index (Phi) is 8.14. The molecule has 37 heavy (non-hydrogen) atoms. The Balaban J connectivity index is 1.57. The Hall–Kier alpha value is -3.43. The predicted molar refractivity (Wildman–Crippen MR) is 143 cm³/mol. The SMILES string of the molecule is CC(C)N(c1cc(-c2ccc(NC(=O)c3ccc(CO)o3)cc2)sc1C(=O)O)C(=O)[C@H]1CC[C@H](C)CC1. The molecule has 1 aliphatic rings. The lowest BCUT2D eigenvalue weighted by Crippen LogP contribution is -2.42. The maximum atomic E-state index is 13.5. The molecule has 0 spiro atoms. The Morgan fingerprint density at radius 1 is 1.08 bits per heavy atom. The lowest BCUT2D eigenvalue weighted by atomic mass is 9.82. The summed E-state index contributed by atoms with van der Waals surface area (Å²) in [6.07, 6.45) is 3.67. The summed E-state index contributed by atoms with van der Waals surface area (Å²) in [5, 5.41) is 21.8. The second-order valence-electron chi connectivity index (χ2n) is 9.84. The summed E-state index contributed by atoms with van der Waals surface area (Å²) < 4.78 is 5.26. The number of carboxylic acids is 1. The second-order valence-corrected chi connectivity index (χ2v) is 10.9. The molecule has 3 aromatic rings. The number of aliphatic hydroxyl groups excluding tert-OH is 1. The van der Waals surface area contributed by atoms with Gasteiger partial charge in [0.05, 0.1) is 5.69 Å². The zero-order valence-corrected chi connectivity index (χ0v) is 22.0. The van der Waals surface area contributed by atoms with Gasteiger partial charge in [0.2, 0.25) is 5.91 Å². The molecule has 4 rings (SSSR count). The number of amides is 2. The highest BCUT2D eigenvalue weighted by molar-refractivity contribution is 7.18. The first-order valence-corrected chi connectivity index (χ1v) is 13.3. The fraction of sp³-hybridized carbons (Fsp3) is 0.393. The topological polar surface area (TPSA) is 120 Å². The second kappa shape index (κ2) is 11.3. The highest BCUT2D eigenvalue weighted by Crippen LogP contribution is 2.40. The van der Waals surface area contributed by atoms with E-state index in [9.17, 15) is 19.5 Å².